The van der Waals surface area contributed by atoms with Crippen LogP contribution in [0.3, 0.4) is 0 Å². The fourth-order valence-corrected chi connectivity index (χ4v) is 6.02. The molecule has 178 valence electrons. The number of nitrogens with zero attached hydrogens (tertiary/aromatic N) is 6. The second kappa shape index (κ2) is 8.44. The van der Waals surface area contributed by atoms with E-state index in [1.807, 2.05) is 27.8 Å². The Bertz CT molecular complexity index is 1210. The highest BCUT2D eigenvalue weighted by atomic mass is 32.1. The Morgan fingerprint density at radius 2 is 2.00 bits per heavy atom. The number of anilines is 2. The fourth-order valence-electron chi connectivity index (χ4n) is 4.79. The number of carbonyl (C=O) groups is 1. The van der Waals surface area contributed by atoms with Crippen molar-refractivity contribution in [3.63, 3.8) is 0 Å². The first-order chi connectivity index (χ1) is 16.5. The Hall–Kier alpha value is -2.82. The van der Waals surface area contributed by atoms with Crippen molar-refractivity contribution in [1.29, 1.82) is 0 Å². The van der Waals surface area contributed by atoms with Gasteiger partial charge in [-0.2, -0.15) is 5.10 Å². The molecule has 1 N–H and O–H groups in total. The number of rotatable bonds is 7. The number of ether oxygens (including phenoxy) is 1. The molecular formula is C24H29N7O2S. The Labute approximate surface area is 202 Å². The van der Waals surface area contributed by atoms with Gasteiger partial charge in [-0.1, -0.05) is 0 Å². The minimum absolute atomic E-state index is 0.108. The van der Waals surface area contributed by atoms with Crippen molar-refractivity contribution in [2.24, 2.45) is 0 Å². The molecule has 0 unspecified atom stereocenters. The van der Waals surface area contributed by atoms with E-state index in [2.05, 4.69) is 34.1 Å². The predicted octanol–water partition coefficient (Wildman–Crippen LogP) is 3.50. The first-order valence-electron chi connectivity index (χ1n) is 11.9. The van der Waals surface area contributed by atoms with Crippen LogP contribution < -0.4 is 5.32 Å². The monoisotopic (exact) mass is 479 g/mol. The Kier molecular flexibility index (Phi) is 5.39. The van der Waals surface area contributed by atoms with Crippen molar-refractivity contribution >= 4 is 29.0 Å². The summed E-state index contributed by atoms with van der Waals surface area (Å²) in [6, 6.07) is 6.32. The van der Waals surface area contributed by atoms with Crippen LogP contribution >= 0.6 is 11.3 Å². The van der Waals surface area contributed by atoms with E-state index in [-0.39, 0.29) is 11.4 Å². The summed E-state index contributed by atoms with van der Waals surface area (Å²) >= 11 is 1.65. The average Bonchev–Trinajstić information content (AvgIpc) is 3.34. The molecular weight excluding hydrogens is 450 g/mol. The summed E-state index contributed by atoms with van der Waals surface area (Å²) in [5.74, 6) is 1.54. The number of morpholine rings is 1. The minimum Gasteiger partial charge on any atom is -0.379 e. The van der Waals surface area contributed by atoms with Gasteiger partial charge in [-0.25, -0.2) is 14.6 Å². The average molecular weight is 480 g/mol. The van der Waals surface area contributed by atoms with Gasteiger partial charge in [-0.3, -0.25) is 9.69 Å². The maximum atomic E-state index is 13.4. The Balaban J connectivity index is 1.20. The van der Waals surface area contributed by atoms with Crippen LogP contribution in [-0.4, -0.2) is 74.8 Å². The molecule has 0 bridgehead atoms. The summed E-state index contributed by atoms with van der Waals surface area (Å²) in [5, 5.41) is 7.72. The molecule has 0 atom stereocenters. The van der Waals surface area contributed by atoms with E-state index in [9.17, 15) is 4.79 Å². The van der Waals surface area contributed by atoms with Crippen molar-refractivity contribution < 1.29 is 9.53 Å². The van der Waals surface area contributed by atoms with E-state index in [1.54, 1.807) is 23.7 Å². The van der Waals surface area contributed by atoms with E-state index in [1.165, 1.54) is 0 Å². The van der Waals surface area contributed by atoms with Crippen molar-refractivity contribution in [2.45, 2.75) is 38.3 Å². The SMILES string of the molecule is CC1(C)c2sc(-c3ccnc(Nc4ccnn4C4CC4)n3)cc2C(=O)N1CCN1CCOCC1. The first-order valence-corrected chi connectivity index (χ1v) is 12.7. The number of hydrogen-bond donors (Lipinski definition) is 1. The van der Waals surface area contributed by atoms with Crippen LogP contribution in [0.5, 0.6) is 0 Å². The maximum Gasteiger partial charge on any atom is 0.255 e. The van der Waals surface area contributed by atoms with Crippen LogP contribution in [0.4, 0.5) is 11.8 Å². The van der Waals surface area contributed by atoms with Gasteiger partial charge in [-0.15, -0.1) is 11.3 Å². The molecule has 1 saturated heterocycles. The Morgan fingerprint density at radius 1 is 1.18 bits per heavy atom. The fraction of sp³-hybridized carbons (Fsp3) is 0.500. The van der Waals surface area contributed by atoms with Gasteiger partial charge in [-0.05, 0) is 38.8 Å². The molecule has 2 aliphatic heterocycles. The van der Waals surface area contributed by atoms with Crippen molar-refractivity contribution in [3.8, 4) is 10.6 Å². The van der Waals surface area contributed by atoms with Crippen LogP contribution in [0.1, 0.15) is 48.0 Å². The van der Waals surface area contributed by atoms with Crippen LogP contribution in [0.2, 0.25) is 0 Å². The zero-order valence-corrected chi connectivity index (χ0v) is 20.3. The quantitative estimate of drug-likeness (QED) is 0.555. The number of fused-ring (bicyclic) bond motifs is 1. The lowest BCUT2D eigenvalue weighted by molar-refractivity contribution is 0.0263. The normalized spacial score (nSPS) is 20.1. The molecule has 0 spiro atoms. The highest BCUT2D eigenvalue weighted by molar-refractivity contribution is 7.16. The van der Waals surface area contributed by atoms with E-state index >= 15 is 0 Å². The molecule has 5 heterocycles. The second-order valence-corrected chi connectivity index (χ2v) is 10.7. The molecule has 1 aliphatic carbocycles. The van der Waals surface area contributed by atoms with Crippen LogP contribution in [0.25, 0.3) is 10.6 Å². The lowest BCUT2D eigenvalue weighted by Crippen LogP contribution is -2.46. The van der Waals surface area contributed by atoms with Gasteiger partial charge in [0.05, 0.1) is 47.1 Å². The summed E-state index contributed by atoms with van der Waals surface area (Å²) in [5.41, 5.74) is 1.27. The summed E-state index contributed by atoms with van der Waals surface area (Å²) in [7, 11) is 0. The molecule has 9 nitrogen and oxygen atoms in total. The topological polar surface area (TPSA) is 88.4 Å². The van der Waals surface area contributed by atoms with Crippen LogP contribution in [0.15, 0.2) is 30.6 Å². The zero-order chi connectivity index (χ0) is 23.3. The summed E-state index contributed by atoms with van der Waals surface area (Å²) in [4.78, 5) is 29.0. The second-order valence-electron chi connectivity index (χ2n) is 9.61. The van der Waals surface area contributed by atoms with E-state index in [0.717, 1.165) is 79.1 Å². The van der Waals surface area contributed by atoms with Crippen LogP contribution in [-0.2, 0) is 10.3 Å². The first kappa shape index (κ1) is 21.7. The van der Waals surface area contributed by atoms with Crippen molar-refractivity contribution in [3.05, 3.63) is 41.0 Å². The third-order valence-electron chi connectivity index (χ3n) is 6.89. The largest absolute Gasteiger partial charge is 0.379 e. The molecule has 3 aliphatic rings. The van der Waals surface area contributed by atoms with Gasteiger partial charge >= 0.3 is 0 Å². The molecule has 1 amide bonds. The van der Waals surface area contributed by atoms with Crippen molar-refractivity contribution in [2.75, 3.05) is 44.7 Å². The zero-order valence-electron chi connectivity index (χ0n) is 19.5. The predicted molar refractivity (Wildman–Crippen MR) is 130 cm³/mol. The van der Waals surface area contributed by atoms with Gasteiger partial charge in [0, 0.05) is 43.3 Å². The summed E-state index contributed by atoms with van der Waals surface area (Å²) < 4.78 is 7.45. The number of amides is 1. The van der Waals surface area contributed by atoms with Gasteiger partial charge in [0.25, 0.3) is 5.91 Å². The molecule has 3 aromatic rings. The lowest BCUT2D eigenvalue weighted by atomic mass is 10.0. The maximum absolute atomic E-state index is 13.4. The van der Waals surface area contributed by atoms with Gasteiger partial charge in [0.1, 0.15) is 5.82 Å². The molecule has 2 fully saturated rings. The lowest BCUT2D eigenvalue weighted by Gasteiger charge is -2.35. The number of nitrogens with one attached hydrogen (secondary N) is 1. The number of carbonyl (C=O) groups excluding carboxylic acids is 1. The standard InChI is InChI=1S/C24H29N7O2S/c1-24(2)21-17(22(32)30(24)10-9-29-11-13-33-14-12-29)15-19(34-21)18-5-7-25-23(27-18)28-20-6-8-26-31(20)16-3-4-16/h5-8,15-16H,3-4,9-14H2,1-2H3,(H,25,27,28). The molecule has 34 heavy (non-hydrogen) atoms. The number of thiophene rings is 1. The van der Waals surface area contributed by atoms with E-state index in [4.69, 9.17) is 9.72 Å². The summed E-state index contributed by atoms with van der Waals surface area (Å²) in [6.07, 6.45) is 5.87. The summed E-state index contributed by atoms with van der Waals surface area (Å²) in [6.45, 7) is 9.28. The Morgan fingerprint density at radius 3 is 2.76 bits per heavy atom. The molecule has 6 rings (SSSR count). The minimum atomic E-state index is -0.341. The van der Waals surface area contributed by atoms with Crippen LogP contribution in [0, 0.1) is 0 Å². The van der Waals surface area contributed by atoms with Gasteiger partial charge in [0.2, 0.25) is 5.95 Å². The highest BCUT2D eigenvalue weighted by Gasteiger charge is 2.45. The van der Waals surface area contributed by atoms with E-state index < -0.39 is 0 Å². The molecule has 1 saturated carbocycles. The highest BCUT2D eigenvalue weighted by Crippen LogP contribution is 2.46. The van der Waals surface area contributed by atoms with Gasteiger partial charge < -0.3 is 15.0 Å². The van der Waals surface area contributed by atoms with Crippen molar-refractivity contribution in [1.82, 2.24) is 29.5 Å². The third-order valence-corrected chi connectivity index (χ3v) is 8.36. The number of aromatic nitrogens is 4. The smallest absolute Gasteiger partial charge is 0.255 e. The van der Waals surface area contributed by atoms with Gasteiger partial charge in [0.15, 0.2) is 0 Å². The van der Waals surface area contributed by atoms with E-state index in [0.29, 0.717) is 12.0 Å². The molecule has 0 aromatic carbocycles. The molecule has 10 heteroatoms. The number of hydrogen-bond acceptors (Lipinski definition) is 8. The molecule has 3 aromatic heterocycles. The third kappa shape index (κ3) is 3.89. The molecule has 0 radical (unpaired) electrons.